The van der Waals surface area contributed by atoms with Crippen LogP contribution in [0, 0.1) is 6.92 Å². The molecule has 2 heterocycles. The van der Waals surface area contributed by atoms with Crippen molar-refractivity contribution in [1.82, 2.24) is 9.88 Å². The van der Waals surface area contributed by atoms with Crippen molar-refractivity contribution in [3.8, 4) is 0 Å². The minimum absolute atomic E-state index is 0.133. The normalized spacial score (nSPS) is 17.7. The van der Waals surface area contributed by atoms with E-state index in [1.54, 1.807) is 17.0 Å². The van der Waals surface area contributed by atoms with Gasteiger partial charge in [-0.25, -0.2) is 0 Å². The van der Waals surface area contributed by atoms with Gasteiger partial charge >= 0.3 is 0 Å². The molecule has 1 aliphatic rings. The summed E-state index contributed by atoms with van der Waals surface area (Å²) >= 11 is 0. The monoisotopic (exact) mass is 436 g/mol. The predicted octanol–water partition coefficient (Wildman–Crippen LogP) is 5.14. The zero-order chi connectivity index (χ0) is 22.9. The number of Topliss-reactive ketones (excluding diaryl/α,β-unsaturated/α-hetero) is 1. The second-order valence-electron chi connectivity index (χ2n) is 8.38. The fourth-order valence-corrected chi connectivity index (χ4v) is 4.54. The molecular weight excluding hydrogens is 412 g/mol. The fourth-order valence-electron chi connectivity index (χ4n) is 4.54. The number of hydrogen-bond donors (Lipinski definition) is 2. The lowest BCUT2D eigenvalue weighted by atomic mass is 9.95. The maximum atomic E-state index is 13.1. The lowest BCUT2D eigenvalue weighted by Gasteiger charge is -2.25. The van der Waals surface area contributed by atoms with Gasteiger partial charge in [0.2, 0.25) is 0 Å². The largest absolute Gasteiger partial charge is 0.507 e. The highest BCUT2D eigenvalue weighted by atomic mass is 16.3. The predicted molar refractivity (Wildman–Crippen MR) is 129 cm³/mol. The fraction of sp³-hybridized carbons (Fsp3) is 0.143. The van der Waals surface area contributed by atoms with Crippen molar-refractivity contribution in [1.29, 1.82) is 0 Å². The van der Waals surface area contributed by atoms with Gasteiger partial charge in [-0.05, 0) is 30.5 Å². The van der Waals surface area contributed by atoms with E-state index in [0.717, 1.165) is 27.6 Å². The van der Waals surface area contributed by atoms with Crippen LogP contribution >= 0.6 is 0 Å². The van der Waals surface area contributed by atoms with E-state index in [2.05, 4.69) is 4.98 Å². The van der Waals surface area contributed by atoms with E-state index in [0.29, 0.717) is 18.5 Å². The van der Waals surface area contributed by atoms with Crippen LogP contribution < -0.4 is 0 Å². The second-order valence-corrected chi connectivity index (χ2v) is 8.38. The first kappa shape index (κ1) is 20.8. The summed E-state index contributed by atoms with van der Waals surface area (Å²) in [4.78, 5) is 31.1. The number of aliphatic hydroxyl groups excluding tert-OH is 1. The van der Waals surface area contributed by atoms with E-state index in [1.165, 1.54) is 0 Å². The molecule has 0 bridgehead atoms. The number of fused-ring (bicyclic) bond motifs is 1. The molecule has 0 spiro atoms. The third-order valence-electron chi connectivity index (χ3n) is 6.28. The maximum absolute atomic E-state index is 13.1. The van der Waals surface area contributed by atoms with E-state index >= 15 is 0 Å². The molecule has 1 amide bonds. The topological polar surface area (TPSA) is 73.4 Å². The summed E-state index contributed by atoms with van der Waals surface area (Å²) in [5.74, 6) is -1.38. The number of aromatic amines is 1. The highest BCUT2D eigenvalue weighted by molar-refractivity contribution is 6.46. The zero-order valence-electron chi connectivity index (χ0n) is 18.3. The summed E-state index contributed by atoms with van der Waals surface area (Å²) < 4.78 is 0. The van der Waals surface area contributed by atoms with Gasteiger partial charge in [0.25, 0.3) is 11.7 Å². The van der Waals surface area contributed by atoms with Crippen molar-refractivity contribution >= 4 is 28.4 Å². The molecule has 2 N–H and O–H groups in total. The Morgan fingerprint density at radius 2 is 1.64 bits per heavy atom. The Labute approximate surface area is 192 Å². The third-order valence-corrected chi connectivity index (χ3v) is 6.28. The Hall–Kier alpha value is -4.12. The van der Waals surface area contributed by atoms with Crippen molar-refractivity contribution in [2.24, 2.45) is 0 Å². The van der Waals surface area contributed by atoms with Crippen LogP contribution in [-0.2, 0) is 16.0 Å². The average molecular weight is 437 g/mol. The van der Waals surface area contributed by atoms with Crippen LogP contribution in [0.25, 0.3) is 16.7 Å². The van der Waals surface area contributed by atoms with Gasteiger partial charge in [-0.1, -0.05) is 78.4 Å². The number of hydrogen-bond acceptors (Lipinski definition) is 3. The lowest BCUT2D eigenvalue weighted by molar-refractivity contribution is -0.139. The minimum Gasteiger partial charge on any atom is -0.507 e. The van der Waals surface area contributed by atoms with Crippen LogP contribution in [0.15, 0.2) is 90.6 Å². The van der Waals surface area contributed by atoms with Gasteiger partial charge in [0, 0.05) is 29.2 Å². The van der Waals surface area contributed by atoms with Gasteiger partial charge in [0.15, 0.2) is 0 Å². The molecule has 0 saturated carbocycles. The van der Waals surface area contributed by atoms with Crippen LogP contribution in [0.5, 0.6) is 0 Å². The van der Waals surface area contributed by atoms with Crippen LogP contribution in [0.1, 0.15) is 28.3 Å². The van der Waals surface area contributed by atoms with Gasteiger partial charge in [0.05, 0.1) is 11.6 Å². The Balaban J connectivity index is 1.55. The Morgan fingerprint density at radius 1 is 0.939 bits per heavy atom. The number of amides is 1. The Bertz CT molecular complexity index is 1370. The first-order valence-electron chi connectivity index (χ1n) is 11.0. The average Bonchev–Trinajstić information content (AvgIpc) is 3.37. The van der Waals surface area contributed by atoms with E-state index in [9.17, 15) is 14.7 Å². The SMILES string of the molecule is Cc1ccc(C(O)=C2C(=O)C(=O)N(CCc3c[nH]c4ccccc34)C2c2ccccc2)cc1. The number of nitrogens with one attached hydrogen (secondary N) is 1. The number of aryl methyl sites for hydroxylation is 1. The highest BCUT2D eigenvalue weighted by Crippen LogP contribution is 2.39. The van der Waals surface area contributed by atoms with Gasteiger partial charge in [-0.3, -0.25) is 9.59 Å². The van der Waals surface area contributed by atoms with E-state index < -0.39 is 17.7 Å². The van der Waals surface area contributed by atoms with Crippen molar-refractivity contribution in [2.75, 3.05) is 6.54 Å². The molecule has 4 aromatic rings. The number of ketones is 1. The molecule has 0 radical (unpaired) electrons. The number of likely N-dealkylation sites (tertiary alicyclic amines) is 1. The number of nitrogens with zero attached hydrogens (tertiary/aromatic N) is 1. The van der Waals surface area contributed by atoms with E-state index in [-0.39, 0.29) is 11.3 Å². The lowest BCUT2D eigenvalue weighted by Crippen LogP contribution is -2.31. The molecule has 5 rings (SSSR count). The van der Waals surface area contributed by atoms with Gasteiger partial charge in [-0.2, -0.15) is 0 Å². The van der Waals surface area contributed by atoms with E-state index in [1.807, 2.05) is 79.9 Å². The number of carbonyl (C=O) groups is 2. The number of aliphatic hydroxyl groups is 1. The first-order chi connectivity index (χ1) is 16.0. The summed E-state index contributed by atoms with van der Waals surface area (Å²) in [6.45, 7) is 2.31. The quantitative estimate of drug-likeness (QED) is 0.258. The summed E-state index contributed by atoms with van der Waals surface area (Å²) in [6.07, 6.45) is 2.54. The second kappa shape index (κ2) is 8.43. The molecule has 1 atom stereocenters. The first-order valence-corrected chi connectivity index (χ1v) is 11.0. The minimum atomic E-state index is -0.652. The molecule has 1 unspecified atom stereocenters. The van der Waals surface area contributed by atoms with Crippen molar-refractivity contribution in [3.63, 3.8) is 0 Å². The van der Waals surface area contributed by atoms with Crippen LogP contribution in [-0.4, -0.2) is 33.2 Å². The molecule has 33 heavy (non-hydrogen) atoms. The number of rotatable bonds is 5. The molecule has 1 aromatic heterocycles. The molecule has 1 saturated heterocycles. The van der Waals surface area contributed by atoms with Gasteiger partial charge in [0.1, 0.15) is 5.76 Å². The molecular formula is C28H24N2O3. The van der Waals surface area contributed by atoms with Crippen molar-refractivity contribution < 1.29 is 14.7 Å². The van der Waals surface area contributed by atoms with Crippen molar-refractivity contribution in [2.45, 2.75) is 19.4 Å². The summed E-state index contributed by atoms with van der Waals surface area (Å²) in [6, 6.07) is 24.1. The highest BCUT2D eigenvalue weighted by Gasteiger charge is 2.45. The third kappa shape index (κ3) is 3.72. The van der Waals surface area contributed by atoms with E-state index in [4.69, 9.17) is 0 Å². The van der Waals surface area contributed by atoms with Crippen LogP contribution in [0.3, 0.4) is 0 Å². The molecule has 1 aliphatic heterocycles. The Morgan fingerprint density at radius 3 is 2.39 bits per heavy atom. The van der Waals surface area contributed by atoms with Crippen LogP contribution in [0.2, 0.25) is 0 Å². The number of benzene rings is 3. The molecule has 3 aromatic carbocycles. The molecule has 5 heteroatoms. The van der Waals surface area contributed by atoms with Crippen molar-refractivity contribution in [3.05, 3.63) is 113 Å². The molecule has 1 fully saturated rings. The summed E-state index contributed by atoms with van der Waals surface area (Å²) in [5.41, 5.74) is 4.62. The van der Waals surface area contributed by atoms with Gasteiger partial charge in [-0.15, -0.1) is 0 Å². The number of H-pyrrole nitrogens is 1. The Kier molecular flexibility index (Phi) is 5.31. The number of carbonyl (C=O) groups excluding carboxylic acids is 2. The van der Waals surface area contributed by atoms with Gasteiger partial charge < -0.3 is 15.0 Å². The zero-order valence-corrected chi connectivity index (χ0v) is 18.3. The number of aromatic nitrogens is 1. The summed E-state index contributed by atoms with van der Waals surface area (Å²) in [7, 11) is 0. The molecule has 5 nitrogen and oxygen atoms in total. The molecule has 164 valence electrons. The maximum Gasteiger partial charge on any atom is 0.295 e. The summed E-state index contributed by atoms with van der Waals surface area (Å²) in [5, 5.41) is 12.2. The van der Waals surface area contributed by atoms with Crippen LogP contribution in [0.4, 0.5) is 0 Å². The standard InChI is InChI=1S/C28H24N2O3/c1-18-11-13-20(14-12-18)26(31)24-25(19-7-3-2-4-8-19)30(28(33)27(24)32)16-15-21-17-29-23-10-6-5-9-22(21)23/h2-14,17,25,29,31H,15-16H2,1H3. The molecule has 0 aliphatic carbocycles. The smallest absolute Gasteiger partial charge is 0.295 e. The number of para-hydroxylation sites is 1.